The third-order valence-corrected chi connectivity index (χ3v) is 4.65. The lowest BCUT2D eigenvalue weighted by atomic mass is 10.2. The zero-order chi connectivity index (χ0) is 19.2. The zero-order valence-corrected chi connectivity index (χ0v) is 16.2. The third kappa shape index (κ3) is 5.15. The number of carbonyl (C=O) groups is 1. The van der Waals surface area contributed by atoms with E-state index in [0.717, 1.165) is 5.56 Å². The molecule has 7 nitrogen and oxygen atoms in total. The Morgan fingerprint density at radius 3 is 2.44 bits per heavy atom. The molecule has 0 aliphatic heterocycles. The Morgan fingerprint density at radius 1 is 1.15 bits per heavy atom. The van der Waals surface area contributed by atoms with E-state index in [9.17, 15) is 4.79 Å². The highest BCUT2D eigenvalue weighted by molar-refractivity contribution is 7.99. The molecule has 0 aliphatic rings. The minimum Gasteiger partial charge on any atom is -0.497 e. The van der Waals surface area contributed by atoms with Gasteiger partial charge in [0.15, 0.2) is 5.82 Å². The summed E-state index contributed by atoms with van der Waals surface area (Å²) in [6.45, 7) is 0. The summed E-state index contributed by atoms with van der Waals surface area (Å²) in [5, 5.41) is 10.9. The van der Waals surface area contributed by atoms with Crippen molar-refractivity contribution in [3.8, 4) is 22.9 Å². The van der Waals surface area contributed by atoms with Gasteiger partial charge in [0.2, 0.25) is 11.1 Å². The number of aromatic amines is 1. The molecule has 0 aliphatic carbocycles. The first-order valence-electron chi connectivity index (χ1n) is 7.91. The molecule has 0 bridgehead atoms. The second kappa shape index (κ2) is 8.79. The minimum absolute atomic E-state index is 0.156. The largest absolute Gasteiger partial charge is 0.497 e. The number of nitrogens with one attached hydrogen (secondary N) is 2. The van der Waals surface area contributed by atoms with Gasteiger partial charge in [-0.3, -0.25) is 9.89 Å². The van der Waals surface area contributed by atoms with Gasteiger partial charge >= 0.3 is 0 Å². The number of benzene rings is 2. The van der Waals surface area contributed by atoms with Crippen molar-refractivity contribution in [2.75, 3.05) is 25.3 Å². The second-order valence-electron chi connectivity index (χ2n) is 5.41. The van der Waals surface area contributed by atoms with Crippen LogP contribution in [-0.4, -0.2) is 41.1 Å². The summed E-state index contributed by atoms with van der Waals surface area (Å²) in [7, 11) is 3.17. The van der Waals surface area contributed by atoms with Gasteiger partial charge < -0.3 is 14.8 Å². The van der Waals surface area contributed by atoms with Gasteiger partial charge in [0, 0.05) is 22.3 Å². The van der Waals surface area contributed by atoms with E-state index in [2.05, 4.69) is 20.5 Å². The van der Waals surface area contributed by atoms with Crippen LogP contribution >= 0.6 is 23.4 Å². The molecular formula is C18H17ClN4O3S. The lowest BCUT2D eigenvalue weighted by molar-refractivity contribution is -0.113. The van der Waals surface area contributed by atoms with Crippen LogP contribution in [0.25, 0.3) is 11.4 Å². The summed E-state index contributed by atoms with van der Waals surface area (Å²) in [5.41, 5.74) is 1.46. The van der Waals surface area contributed by atoms with E-state index >= 15 is 0 Å². The van der Waals surface area contributed by atoms with Crippen molar-refractivity contribution < 1.29 is 14.3 Å². The molecule has 140 valence electrons. The lowest BCUT2D eigenvalue weighted by Crippen LogP contribution is -2.13. The van der Waals surface area contributed by atoms with Crippen LogP contribution in [-0.2, 0) is 4.79 Å². The van der Waals surface area contributed by atoms with Gasteiger partial charge in [-0.25, -0.2) is 4.98 Å². The summed E-state index contributed by atoms with van der Waals surface area (Å²) in [5.74, 6) is 1.89. The number of anilines is 1. The molecule has 27 heavy (non-hydrogen) atoms. The van der Waals surface area contributed by atoms with Gasteiger partial charge in [-0.2, -0.15) is 0 Å². The van der Waals surface area contributed by atoms with E-state index in [0.29, 0.717) is 33.2 Å². The number of hydrogen-bond donors (Lipinski definition) is 2. The standard InChI is InChI=1S/C18H17ClN4O3S/c1-25-14-7-11(8-15(9-14)26-2)17-21-18(23-22-17)27-10-16(24)20-13-5-3-12(19)4-6-13/h3-9H,10H2,1-2H3,(H,20,24)(H,21,22,23). The summed E-state index contributed by atoms with van der Waals surface area (Å²) in [4.78, 5) is 16.5. The molecule has 2 aromatic carbocycles. The Hall–Kier alpha value is -2.71. The van der Waals surface area contributed by atoms with Crippen molar-refractivity contribution in [3.63, 3.8) is 0 Å². The van der Waals surface area contributed by atoms with Crippen LogP contribution in [0.3, 0.4) is 0 Å². The number of rotatable bonds is 7. The van der Waals surface area contributed by atoms with E-state index < -0.39 is 0 Å². The van der Waals surface area contributed by atoms with Gasteiger partial charge in [-0.1, -0.05) is 23.4 Å². The fraction of sp³-hybridized carbons (Fsp3) is 0.167. The molecule has 0 unspecified atom stereocenters. The molecule has 9 heteroatoms. The van der Waals surface area contributed by atoms with Crippen molar-refractivity contribution in [1.82, 2.24) is 15.2 Å². The monoisotopic (exact) mass is 404 g/mol. The highest BCUT2D eigenvalue weighted by atomic mass is 35.5. The molecule has 0 saturated carbocycles. The predicted molar refractivity (Wildman–Crippen MR) is 106 cm³/mol. The number of H-pyrrole nitrogens is 1. The molecule has 3 aromatic rings. The van der Waals surface area contributed by atoms with E-state index in [4.69, 9.17) is 21.1 Å². The summed E-state index contributed by atoms with van der Waals surface area (Å²) >= 11 is 7.06. The number of carbonyl (C=O) groups excluding carboxylic acids is 1. The van der Waals surface area contributed by atoms with Crippen molar-refractivity contribution >= 4 is 35.0 Å². The average Bonchev–Trinajstić information content (AvgIpc) is 3.17. The molecule has 0 spiro atoms. The van der Waals surface area contributed by atoms with E-state index in [1.54, 1.807) is 44.6 Å². The van der Waals surface area contributed by atoms with Crippen LogP contribution in [0.5, 0.6) is 11.5 Å². The van der Waals surface area contributed by atoms with Crippen LogP contribution < -0.4 is 14.8 Å². The van der Waals surface area contributed by atoms with Gasteiger partial charge in [0.1, 0.15) is 11.5 Å². The molecule has 1 aromatic heterocycles. The fourth-order valence-corrected chi connectivity index (χ4v) is 2.97. The van der Waals surface area contributed by atoms with E-state index in [-0.39, 0.29) is 11.7 Å². The zero-order valence-electron chi connectivity index (χ0n) is 14.7. The maximum absolute atomic E-state index is 12.1. The first kappa shape index (κ1) is 19.1. The molecular weight excluding hydrogens is 388 g/mol. The number of aromatic nitrogens is 3. The van der Waals surface area contributed by atoms with Crippen LogP contribution in [0, 0.1) is 0 Å². The molecule has 0 saturated heterocycles. The van der Waals surface area contributed by atoms with Gasteiger partial charge in [-0.15, -0.1) is 5.10 Å². The molecule has 0 radical (unpaired) electrons. The third-order valence-electron chi connectivity index (χ3n) is 3.55. The van der Waals surface area contributed by atoms with E-state index in [1.165, 1.54) is 11.8 Å². The van der Waals surface area contributed by atoms with Crippen molar-refractivity contribution in [2.45, 2.75) is 5.16 Å². The fourth-order valence-electron chi connectivity index (χ4n) is 2.24. The highest BCUT2D eigenvalue weighted by Crippen LogP contribution is 2.28. The number of ether oxygens (including phenoxy) is 2. The predicted octanol–water partition coefficient (Wildman–Crippen LogP) is 3.87. The number of nitrogens with zero attached hydrogens (tertiary/aromatic N) is 2. The quantitative estimate of drug-likeness (QED) is 0.581. The van der Waals surface area contributed by atoms with E-state index in [1.807, 2.05) is 12.1 Å². The SMILES string of the molecule is COc1cc(OC)cc(-c2nc(SCC(=O)Nc3ccc(Cl)cc3)n[nH]2)c1. The summed E-state index contributed by atoms with van der Waals surface area (Å²) < 4.78 is 10.5. The summed E-state index contributed by atoms with van der Waals surface area (Å²) in [6, 6.07) is 12.3. The number of halogens is 1. The maximum Gasteiger partial charge on any atom is 0.234 e. The molecule has 2 N–H and O–H groups in total. The summed E-state index contributed by atoms with van der Waals surface area (Å²) in [6.07, 6.45) is 0. The Balaban J connectivity index is 1.62. The van der Waals surface area contributed by atoms with Gasteiger partial charge in [-0.05, 0) is 36.4 Å². The van der Waals surface area contributed by atoms with Crippen LogP contribution in [0.2, 0.25) is 5.02 Å². The topological polar surface area (TPSA) is 89.1 Å². The first-order chi connectivity index (χ1) is 13.1. The lowest BCUT2D eigenvalue weighted by Gasteiger charge is -2.06. The van der Waals surface area contributed by atoms with Crippen molar-refractivity contribution in [2.24, 2.45) is 0 Å². The Kier molecular flexibility index (Phi) is 6.20. The highest BCUT2D eigenvalue weighted by Gasteiger charge is 2.11. The average molecular weight is 405 g/mol. The van der Waals surface area contributed by atoms with Crippen LogP contribution in [0.4, 0.5) is 5.69 Å². The maximum atomic E-state index is 12.1. The molecule has 0 atom stereocenters. The normalized spacial score (nSPS) is 10.5. The molecule has 1 amide bonds. The first-order valence-corrected chi connectivity index (χ1v) is 9.28. The molecule has 1 heterocycles. The Labute approximate surface area is 165 Å². The molecule has 3 rings (SSSR count). The Morgan fingerprint density at radius 2 is 1.81 bits per heavy atom. The smallest absolute Gasteiger partial charge is 0.234 e. The van der Waals surface area contributed by atoms with Crippen LogP contribution in [0.15, 0.2) is 47.6 Å². The number of methoxy groups -OCH3 is 2. The van der Waals surface area contributed by atoms with Crippen LogP contribution in [0.1, 0.15) is 0 Å². The second-order valence-corrected chi connectivity index (χ2v) is 6.79. The number of thioether (sulfide) groups is 1. The van der Waals surface area contributed by atoms with Gasteiger partial charge in [0.05, 0.1) is 20.0 Å². The van der Waals surface area contributed by atoms with Crippen molar-refractivity contribution in [1.29, 1.82) is 0 Å². The number of amides is 1. The Bertz CT molecular complexity index is 908. The molecule has 0 fully saturated rings. The minimum atomic E-state index is -0.156. The van der Waals surface area contributed by atoms with Gasteiger partial charge in [0.25, 0.3) is 0 Å². The number of hydrogen-bond acceptors (Lipinski definition) is 6. The van der Waals surface area contributed by atoms with Crippen molar-refractivity contribution in [3.05, 3.63) is 47.5 Å².